The molecule has 0 aromatic rings. The highest BCUT2D eigenvalue weighted by Crippen LogP contribution is 2.00. The fraction of sp³-hybridized carbons (Fsp3) is 1.00. The number of hydrogen-bond donors (Lipinski definition) is 1. The van der Waals surface area contributed by atoms with E-state index in [1.54, 1.807) is 0 Å². The molecule has 1 N–H and O–H groups in total. The lowest BCUT2D eigenvalue weighted by Crippen LogP contribution is -2.15. The predicted molar refractivity (Wildman–Crippen MR) is 42.7 cm³/mol. The Morgan fingerprint density at radius 1 is 1.33 bits per heavy atom. The van der Waals surface area contributed by atoms with Crippen LogP contribution in [-0.4, -0.2) is 33.3 Å². The van der Waals surface area contributed by atoms with Crippen LogP contribution in [0.5, 0.6) is 0 Å². The van der Waals surface area contributed by atoms with Gasteiger partial charge in [-0.25, -0.2) is 8.37 Å². The molecule has 6 heteroatoms. The van der Waals surface area contributed by atoms with Gasteiger partial charge in [-0.05, 0) is 5.92 Å². The second-order valence-corrected chi connectivity index (χ2v) is 3.92. The number of aliphatic hydroxyl groups is 1. The van der Waals surface area contributed by atoms with Gasteiger partial charge in [0.1, 0.15) is 0 Å². The summed E-state index contributed by atoms with van der Waals surface area (Å²) in [7, 11) is -3.90. The SMILES string of the molecule is CC(C)COS(=O)(=O)OCCO. The van der Waals surface area contributed by atoms with E-state index in [0.29, 0.717) is 0 Å². The molecule has 0 heterocycles. The summed E-state index contributed by atoms with van der Waals surface area (Å²) < 4.78 is 30.1. The summed E-state index contributed by atoms with van der Waals surface area (Å²) in [5, 5.41) is 8.26. The molecule has 0 saturated heterocycles. The van der Waals surface area contributed by atoms with Crippen LogP contribution in [0, 0.1) is 5.92 Å². The highest BCUT2D eigenvalue weighted by molar-refractivity contribution is 7.81. The van der Waals surface area contributed by atoms with E-state index in [-0.39, 0.29) is 25.7 Å². The van der Waals surface area contributed by atoms with Crippen LogP contribution in [0.15, 0.2) is 0 Å². The molecule has 0 aromatic carbocycles. The van der Waals surface area contributed by atoms with E-state index in [0.717, 1.165) is 0 Å². The van der Waals surface area contributed by atoms with Gasteiger partial charge in [0.15, 0.2) is 0 Å². The quantitative estimate of drug-likeness (QED) is 0.646. The molecule has 0 aliphatic carbocycles. The molecule has 0 fully saturated rings. The molecule has 0 rings (SSSR count). The van der Waals surface area contributed by atoms with Gasteiger partial charge < -0.3 is 5.11 Å². The molecule has 0 atom stereocenters. The lowest BCUT2D eigenvalue weighted by Gasteiger charge is -2.06. The molecule has 0 amide bonds. The van der Waals surface area contributed by atoms with E-state index in [2.05, 4.69) is 8.37 Å². The molecule has 0 saturated carbocycles. The van der Waals surface area contributed by atoms with Crippen molar-refractivity contribution in [2.45, 2.75) is 13.8 Å². The average Bonchev–Trinajstić information content (AvgIpc) is 1.98. The van der Waals surface area contributed by atoms with Gasteiger partial charge in [-0.3, -0.25) is 0 Å². The standard InChI is InChI=1S/C6H14O5S/c1-6(2)5-11-12(8,9)10-4-3-7/h6-7H,3-5H2,1-2H3. The maximum Gasteiger partial charge on any atom is 0.399 e. The van der Waals surface area contributed by atoms with Crippen molar-refractivity contribution in [2.75, 3.05) is 19.8 Å². The molecule has 0 spiro atoms. The Morgan fingerprint density at radius 2 is 1.92 bits per heavy atom. The van der Waals surface area contributed by atoms with Gasteiger partial charge in [-0.15, -0.1) is 0 Å². The predicted octanol–water partition coefficient (Wildman–Crippen LogP) is -0.0873. The van der Waals surface area contributed by atoms with E-state index >= 15 is 0 Å². The zero-order valence-electron chi connectivity index (χ0n) is 7.19. The van der Waals surface area contributed by atoms with Crippen LogP contribution in [0.2, 0.25) is 0 Å². The van der Waals surface area contributed by atoms with Crippen molar-refractivity contribution < 1.29 is 21.9 Å². The maximum absolute atomic E-state index is 10.7. The first-order valence-corrected chi connectivity index (χ1v) is 4.96. The molecule has 0 unspecified atom stereocenters. The Hall–Kier alpha value is -0.170. The molecule has 12 heavy (non-hydrogen) atoms. The summed E-state index contributed by atoms with van der Waals surface area (Å²) >= 11 is 0. The van der Waals surface area contributed by atoms with Crippen molar-refractivity contribution in [1.82, 2.24) is 0 Å². The molecule has 0 aromatic heterocycles. The Labute approximate surface area is 72.6 Å². The summed E-state index contributed by atoms with van der Waals surface area (Å²) in [6.07, 6.45) is 0. The lowest BCUT2D eigenvalue weighted by molar-refractivity contribution is 0.161. The van der Waals surface area contributed by atoms with Crippen LogP contribution < -0.4 is 0 Å². The summed E-state index contributed by atoms with van der Waals surface area (Å²) in [5.41, 5.74) is 0. The van der Waals surface area contributed by atoms with Crippen LogP contribution in [0.4, 0.5) is 0 Å². The van der Waals surface area contributed by atoms with Crippen LogP contribution in [0.1, 0.15) is 13.8 Å². The summed E-state index contributed by atoms with van der Waals surface area (Å²) in [6, 6.07) is 0. The fourth-order valence-electron chi connectivity index (χ4n) is 0.393. The first-order valence-electron chi connectivity index (χ1n) is 3.62. The average molecular weight is 198 g/mol. The lowest BCUT2D eigenvalue weighted by atomic mass is 10.2. The maximum atomic E-state index is 10.7. The van der Waals surface area contributed by atoms with Crippen LogP contribution >= 0.6 is 0 Å². The van der Waals surface area contributed by atoms with Gasteiger partial charge in [0.25, 0.3) is 0 Å². The van der Waals surface area contributed by atoms with Crippen molar-refractivity contribution in [2.24, 2.45) is 5.92 Å². The van der Waals surface area contributed by atoms with Crippen molar-refractivity contribution in [3.05, 3.63) is 0 Å². The third-order valence-corrected chi connectivity index (χ3v) is 1.74. The minimum Gasteiger partial charge on any atom is -0.394 e. The van der Waals surface area contributed by atoms with E-state index < -0.39 is 10.4 Å². The minimum atomic E-state index is -3.90. The fourth-order valence-corrected chi connectivity index (χ4v) is 1.18. The second kappa shape index (κ2) is 5.47. The molecule has 0 bridgehead atoms. The van der Waals surface area contributed by atoms with Gasteiger partial charge >= 0.3 is 10.4 Å². The van der Waals surface area contributed by atoms with Gasteiger partial charge in [0.05, 0.1) is 19.8 Å². The Morgan fingerprint density at radius 3 is 2.33 bits per heavy atom. The second-order valence-electron chi connectivity index (χ2n) is 2.63. The summed E-state index contributed by atoms with van der Waals surface area (Å²) in [6.45, 7) is 3.13. The van der Waals surface area contributed by atoms with Gasteiger partial charge in [-0.1, -0.05) is 13.8 Å². The molecule has 0 aliphatic heterocycles. The van der Waals surface area contributed by atoms with Gasteiger partial charge in [0.2, 0.25) is 0 Å². The van der Waals surface area contributed by atoms with Crippen molar-refractivity contribution >= 4 is 10.4 Å². The molecule has 5 nitrogen and oxygen atoms in total. The number of rotatable bonds is 6. The zero-order chi connectivity index (χ0) is 9.61. The first kappa shape index (κ1) is 11.8. The highest BCUT2D eigenvalue weighted by Gasteiger charge is 2.11. The largest absolute Gasteiger partial charge is 0.399 e. The number of aliphatic hydroxyl groups excluding tert-OH is 1. The topological polar surface area (TPSA) is 72.8 Å². The van der Waals surface area contributed by atoms with Crippen molar-refractivity contribution in [3.8, 4) is 0 Å². The number of hydrogen-bond acceptors (Lipinski definition) is 5. The zero-order valence-corrected chi connectivity index (χ0v) is 8.00. The van der Waals surface area contributed by atoms with E-state index in [9.17, 15) is 8.42 Å². The highest BCUT2D eigenvalue weighted by atomic mass is 32.3. The molecule has 0 aliphatic rings. The van der Waals surface area contributed by atoms with E-state index in [4.69, 9.17) is 5.11 Å². The van der Waals surface area contributed by atoms with Crippen molar-refractivity contribution in [3.63, 3.8) is 0 Å². The van der Waals surface area contributed by atoms with Gasteiger partial charge in [0, 0.05) is 0 Å². The van der Waals surface area contributed by atoms with E-state index in [1.807, 2.05) is 13.8 Å². The van der Waals surface area contributed by atoms with Crippen LogP contribution in [0.3, 0.4) is 0 Å². The summed E-state index contributed by atoms with van der Waals surface area (Å²) in [5.74, 6) is 0.123. The normalized spacial score (nSPS) is 12.3. The Bertz CT molecular complexity index is 196. The Balaban J connectivity index is 3.73. The monoisotopic (exact) mass is 198 g/mol. The molecule has 0 radical (unpaired) electrons. The Kier molecular flexibility index (Phi) is 5.39. The third kappa shape index (κ3) is 6.53. The van der Waals surface area contributed by atoms with Crippen molar-refractivity contribution in [1.29, 1.82) is 0 Å². The van der Waals surface area contributed by atoms with Gasteiger partial charge in [-0.2, -0.15) is 8.42 Å². The van der Waals surface area contributed by atoms with Crippen LogP contribution in [0.25, 0.3) is 0 Å². The smallest absolute Gasteiger partial charge is 0.394 e. The third-order valence-electron chi connectivity index (χ3n) is 0.865. The molecular formula is C6H14O5S. The molecular weight excluding hydrogens is 184 g/mol. The van der Waals surface area contributed by atoms with E-state index in [1.165, 1.54) is 0 Å². The molecule has 74 valence electrons. The first-order chi connectivity index (χ1) is 5.48. The summed E-state index contributed by atoms with van der Waals surface area (Å²) in [4.78, 5) is 0. The van der Waals surface area contributed by atoms with Crippen LogP contribution in [-0.2, 0) is 18.8 Å². The minimum absolute atomic E-state index is 0.0910.